The number of rotatable bonds is 4. The third-order valence-corrected chi connectivity index (χ3v) is 4.69. The highest BCUT2D eigenvalue weighted by atomic mass is 32.2. The van der Waals surface area contributed by atoms with E-state index in [1.807, 2.05) is 54.6 Å². The Morgan fingerprint density at radius 2 is 1.80 bits per heavy atom. The van der Waals surface area contributed by atoms with E-state index in [1.165, 1.54) is 10.8 Å². The molecule has 1 amide bonds. The highest BCUT2D eigenvalue weighted by Gasteiger charge is 2.22. The standard InChI is InChI=1S/C18H13N3O3S/c22-17-10-18(25(23)20-17)21-12-13(11-19-21)15-8-4-5-9-16(15)24-14-6-2-1-3-7-14/h1-12H,(H,20,22). The molecule has 1 aliphatic rings. The number of aromatic nitrogens is 2. The van der Waals surface area contributed by atoms with Gasteiger partial charge in [0.1, 0.15) is 11.5 Å². The number of para-hydroxylation sites is 2. The molecule has 7 heteroatoms. The van der Waals surface area contributed by atoms with E-state index in [9.17, 15) is 9.00 Å². The zero-order valence-electron chi connectivity index (χ0n) is 13.0. The lowest BCUT2D eigenvalue weighted by Gasteiger charge is -2.09. The van der Waals surface area contributed by atoms with Crippen molar-refractivity contribution >= 4 is 21.9 Å². The van der Waals surface area contributed by atoms with E-state index in [2.05, 4.69) is 9.82 Å². The molecule has 2 aromatic carbocycles. The zero-order valence-corrected chi connectivity index (χ0v) is 13.8. The van der Waals surface area contributed by atoms with Gasteiger partial charge in [-0.15, -0.1) is 0 Å². The average Bonchev–Trinajstić information content (AvgIpc) is 3.22. The van der Waals surface area contributed by atoms with Gasteiger partial charge in [0.05, 0.1) is 6.20 Å². The first kappa shape index (κ1) is 15.3. The summed E-state index contributed by atoms with van der Waals surface area (Å²) in [5, 5.41) is 4.52. The fourth-order valence-electron chi connectivity index (χ4n) is 2.48. The van der Waals surface area contributed by atoms with Gasteiger partial charge in [0.2, 0.25) is 0 Å². The lowest BCUT2D eigenvalue weighted by molar-refractivity contribution is -0.114. The molecule has 25 heavy (non-hydrogen) atoms. The highest BCUT2D eigenvalue weighted by molar-refractivity contribution is 7.93. The molecule has 124 valence electrons. The molecule has 1 atom stereocenters. The topological polar surface area (TPSA) is 73.2 Å². The summed E-state index contributed by atoms with van der Waals surface area (Å²) in [4.78, 5) is 11.3. The Kier molecular flexibility index (Phi) is 3.91. The molecule has 4 rings (SSSR count). The number of carbonyl (C=O) groups excluding carboxylic acids is 1. The Balaban J connectivity index is 1.68. The third-order valence-electron chi connectivity index (χ3n) is 3.62. The minimum absolute atomic E-state index is 0.303. The van der Waals surface area contributed by atoms with Gasteiger partial charge in [-0.1, -0.05) is 36.4 Å². The molecule has 0 saturated carbocycles. The maximum Gasteiger partial charge on any atom is 0.258 e. The average molecular weight is 351 g/mol. The Labute approximate surface area is 146 Å². The van der Waals surface area contributed by atoms with Gasteiger partial charge in [0.15, 0.2) is 16.0 Å². The predicted octanol–water partition coefficient (Wildman–Crippen LogP) is 2.93. The second kappa shape index (κ2) is 6.37. The van der Waals surface area contributed by atoms with Crippen molar-refractivity contribution in [2.24, 2.45) is 0 Å². The van der Waals surface area contributed by atoms with Crippen LogP contribution in [0.4, 0.5) is 0 Å². The van der Waals surface area contributed by atoms with Crippen LogP contribution in [0.5, 0.6) is 11.5 Å². The van der Waals surface area contributed by atoms with Crippen molar-refractivity contribution in [2.75, 3.05) is 0 Å². The molecular formula is C18H13N3O3S. The monoisotopic (exact) mass is 351 g/mol. The first-order chi connectivity index (χ1) is 12.2. The van der Waals surface area contributed by atoms with Crippen LogP contribution in [0, 0.1) is 0 Å². The summed E-state index contributed by atoms with van der Waals surface area (Å²) in [6, 6.07) is 17.1. The number of nitrogens with zero attached hydrogens (tertiary/aromatic N) is 2. The smallest absolute Gasteiger partial charge is 0.258 e. The van der Waals surface area contributed by atoms with Gasteiger partial charge in [0, 0.05) is 23.4 Å². The van der Waals surface area contributed by atoms with Crippen molar-refractivity contribution < 1.29 is 13.7 Å². The molecule has 0 radical (unpaired) electrons. The van der Waals surface area contributed by atoms with E-state index < -0.39 is 16.9 Å². The van der Waals surface area contributed by atoms with Crippen LogP contribution in [0.25, 0.3) is 16.2 Å². The van der Waals surface area contributed by atoms with Crippen LogP contribution in [0.2, 0.25) is 0 Å². The number of nitrogens with one attached hydrogen (secondary N) is 1. The summed E-state index contributed by atoms with van der Waals surface area (Å²) in [5.74, 6) is 1.03. The van der Waals surface area contributed by atoms with Gasteiger partial charge in [0.25, 0.3) is 5.91 Å². The van der Waals surface area contributed by atoms with Gasteiger partial charge >= 0.3 is 0 Å². The van der Waals surface area contributed by atoms with E-state index in [1.54, 1.807) is 12.4 Å². The van der Waals surface area contributed by atoms with E-state index in [-0.39, 0.29) is 0 Å². The third kappa shape index (κ3) is 3.09. The van der Waals surface area contributed by atoms with E-state index in [0.717, 1.165) is 16.9 Å². The summed E-state index contributed by atoms with van der Waals surface area (Å²) in [6.07, 6.45) is 4.64. The minimum Gasteiger partial charge on any atom is -0.457 e. The summed E-state index contributed by atoms with van der Waals surface area (Å²) in [7, 11) is -1.59. The zero-order chi connectivity index (χ0) is 17.2. The van der Waals surface area contributed by atoms with Crippen molar-refractivity contribution in [3.63, 3.8) is 0 Å². The van der Waals surface area contributed by atoms with Crippen molar-refractivity contribution in [3.8, 4) is 22.6 Å². The normalized spacial score (nSPS) is 16.4. The summed E-state index contributed by atoms with van der Waals surface area (Å²) in [6.45, 7) is 0. The number of carbonyl (C=O) groups is 1. The van der Waals surface area contributed by atoms with Crippen LogP contribution in [-0.2, 0) is 15.8 Å². The Morgan fingerprint density at radius 1 is 1.04 bits per heavy atom. The number of benzene rings is 2. The summed E-state index contributed by atoms with van der Waals surface area (Å²) in [5.41, 5.74) is 1.64. The van der Waals surface area contributed by atoms with Crippen LogP contribution in [0.15, 0.2) is 73.1 Å². The van der Waals surface area contributed by atoms with Gasteiger partial charge in [-0.3, -0.25) is 9.52 Å². The van der Waals surface area contributed by atoms with Gasteiger partial charge in [-0.25, -0.2) is 8.89 Å². The second-order valence-corrected chi connectivity index (χ2v) is 6.46. The number of ether oxygens (including phenoxy) is 1. The van der Waals surface area contributed by atoms with Crippen LogP contribution in [-0.4, -0.2) is 19.9 Å². The fourth-order valence-corrected chi connectivity index (χ4v) is 3.31. The van der Waals surface area contributed by atoms with Gasteiger partial charge < -0.3 is 4.74 Å². The second-order valence-electron chi connectivity index (χ2n) is 5.30. The van der Waals surface area contributed by atoms with Crippen LogP contribution >= 0.6 is 0 Å². The molecular weight excluding hydrogens is 338 g/mol. The predicted molar refractivity (Wildman–Crippen MR) is 94.7 cm³/mol. The van der Waals surface area contributed by atoms with E-state index >= 15 is 0 Å². The number of hydrogen-bond acceptors (Lipinski definition) is 4. The first-order valence-electron chi connectivity index (χ1n) is 7.52. The number of hydrogen-bond donors (Lipinski definition) is 1. The molecule has 1 unspecified atom stereocenters. The van der Waals surface area contributed by atoms with Gasteiger partial charge in [-0.2, -0.15) is 5.10 Å². The minimum atomic E-state index is -1.59. The van der Waals surface area contributed by atoms with Crippen LogP contribution in [0.1, 0.15) is 0 Å². The molecule has 1 aromatic heterocycles. The molecule has 1 aliphatic heterocycles. The molecule has 0 bridgehead atoms. The van der Waals surface area contributed by atoms with Crippen molar-refractivity contribution in [2.45, 2.75) is 0 Å². The summed E-state index contributed by atoms with van der Waals surface area (Å²) < 4.78 is 21.6. The van der Waals surface area contributed by atoms with Crippen molar-refractivity contribution in [1.29, 1.82) is 0 Å². The van der Waals surface area contributed by atoms with Crippen molar-refractivity contribution in [1.82, 2.24) is 14.5 Å². The molecule has 0 saturated heterocycles. The summed E-state index contributed by atoms with van der Waals surface area (Å²) >= 11 is 0. The molecule has 0 fully saturated rings. The SMILES string of the molecule is O=C1C=C(n2cc(-c3ccccc3Oc3ccccc3)cn2)S(=O)N1. The van der Waals surface area contributed by atoms with Crippen LogP contribution in [0.3, 0.4) is 0 Å². The number of amides is 1. The molecule has 0 spiro atoms. The van der Waals surface area contributed by atoms with Crippen molar-refractivity contribution in [3.05, 3.63) is 73.1 Å². The van der Waals surface area contributed by atoms with Gasteiger partial charge in [-0.05, 0) is 18.2 Å². The molecule has 2 heterocycles. The Bertz CT molecular complexity index is 996. The van der Waals surface area contributed by atoms with E-state index in [4.69, 9.17) is 4.74 Å². The lowest BCUT2D eigenvalue weighted by Crippen LogP contribution is -2.17. The lowest BCUT2D eigenvalue weighted by atomic mass is 10.1. The molecule has 6 nitrogen and oxygen atoms in total. The largest absolute Gasteiger partial charge is 0.457 e. The van der Waals surface area contributed by atoms with E-state index in [0.29, 0.717) is 10.8 Å². The quantitative estimate of drug-likeness (QED) is 0.784. The Morgan fingerprint density at radius 3 is 2.56 bits per heavy atom. The molecule has 1 N–H and O–H groups in total. The maximum absolute atomic E-state index is 11.9. The fraction of sp³-hybridized carbons (Fsp3) is 0. The highest BCUT2D eigenvalue weighted by Crippen LogP contribution is 2.33. The molecule has 0 aliphatic carbocycles. The van der Waals surface area contributed by atoms with Crippen LogP contribution < -0.4 is 9.46 Å². The first-order valence-corrected chi connectivity index (χ1v) is 8.67. The molecule has 3 aromatic rings. The maximum atomic E-state index is 11.9. The Hall–Kier alpha value is -3.19.